The molecule has 0 saturated carbocycles. The Hall–Kier alpha value is -2.94. The lowest BCUT2D eigenvalue weighted by atomic mass is 10.0. The van der Waals surface area contributed by atoms with Crippen LogP contribution in [0.15, 0.2) is 36.7 Å². The van der Waals surface area contributed by atoms with Crippen LogP contribution in [0.4, 0.5) is 13.2 Å². The van der Waals surface area contributed by atoms with Gasteiger partial charge in [0.1, 0.15) is 17.9 Å². The van der Waals surface area contributed by atoms with Crippen LogP contribution in [-0.4, -0.2) is 50.4 Å². The number of pyridine rings is 1. The third-order valence-electron chi connectivity index (χ3n) is 4.91. The average Bonchev–Trinajstić information content (AvgIpc) is 3.03. The molecule has 1 aliphatic heterocycles. The Kier molecular flexibility index (Phi) is 4.76. The number of aliphatic hydroxyl groups excluding tert-OH is 1. The smallest absolute Gasteiger partial charge is 0.266 e. The summed E-state index contributed by atoms with van der Waals surface area (Å²) < 4.78 is 41.0. The summed E-state index contributed by atoms with van der Waals surface area (Å²) in [7, 11) is 0. The summed E-state index contributed by atoms with van der Waals surface area (Å²) in [4.78, 5) is 18.3. The summed E-state index contributed by atoms with van der Waals surface area (Å²) in [5.74, 6) is -0.963. The maximum absolute atomic E-state index is 13.5. The van der Waals surface area contributed by atoms with Crippen molar-refractivity contribution in [1.82, 2.24) is 19.7 Å². The first kappa shape index (κ1) is 18.4. The normalized spacial score (nSPS) is 14.7. The Morgan fingerprint density at radius 3 is 2.71 bits per heavy atom. The number of benzene rings is 1. The van der Waals surface area contributed by atoms with E-state index >= 15 is 0 Å². The van der Waals surface area contributed by atoms with Crippen molar-refractivity contribution in [2.45, 2.75) is 13.0 Å². The van der Waals surface area contributed by atoms with Gasteiger partial charge >= 0.3 is 0 Å². The van der Waals surface area contributed by atoms with Gasteiger partial charge in [-0.1, -0.05) is 6.07 Å². The molecule has 28 heavy (non-hydrogen) atoms. The molecule has 1 aromatic carbocycles. The van der Waals surface area contributed by atoms with E-state index in [1.54, 1.807) is 11.0 Å². The summed E-state index contributed by atoms with van der Waals surface area (Å²) >= 11 is 0. The lowest BCUT2D eigenvalue weighted by Crippen LogP contribution is -2.52. The van der Waals surface area contributed by atoms with Crippen LogP contribution in [0.1, 0.15) is 12.0 Å². The highest BCUT2D eigenvalue weighted by atomic mass is 19.3. The third-order valence-corrected chi connectivity index (χ3v) is 4.91. The molecule has 0 spiro atoms. The fraction of sp³-hybridized carbons (Fsp3) is 0.316. The van der Waals surface area contributed by atoms with Gasteiger partial charge in [-0.15, -0.1) is 0 Å². The number of hydrogen-bond donors (Lipinski definition) is 1. The number of halogens is 3. The molecule has 4 rings (SSSR count). The van der Waals surface area contributed by atoms with Crippen molar-refractivity contribution in [1.29, 1.82) is 0 Å². The van der Waals surface area contributed by atoms with Gasteiger partial charge in [-0.3, -0.25) is 14.5 Å². The molecule has 1 amide bonds. The molecule has 0 bridgehead atoms. The van der Waals surface area contributed by atoms with Crippen molar-refractivity contribution in [3.05, 3.63) is 48.0 Å². The van der Waals surface area contributed by atoms with E-state index in [0.717, 1.165) is 12.1 Å². The highest BCUT2D eigenvalue weighted by Crippen LogP contribution is 2.29. The average molecular weight is 390 g/mol. The van der Waals surface area contributed by atoms with E-state index in [2.05, 4.69) is 10.1 Å². The van der Waals surface area contributed by atoms with E-state index in [9.17, 15) is 18.0 Å². The van der Waals surface area contributed by atoms with Crippen LogP contribution in [0.5, 0.6) is 0 Å². The van der Waals surface area contributed by atoms with Crippen molar-refractivity contribution in [3.63, 3.8) is 0 Å². The number of amides is 1. The second-order valence-electron chi connectivity index (χ2n) is 6.81. The second-order valence-corrected chi connectivity index (χ2v) is 6.81. The van der Waals surface area contributed by atoms with Gasteiger partial charge in [0, 0.05) is 37.4 Å². The minimum absolute atomic E-state index is 0.0124. The molecule has 0 atom stereocenters. The zero-order valence-corrected chi connectivity index (χ0v) is 14.7. The number of carbonyl (C=O) groups is 1. The molecule has 1 aliphatic rings. The number of alkyl halides is 2. The second kappa shape index (κ2) is 7.23. The van der Waals surface area contributed by atoms with Crippen molar-refractivity contribution in [3.8, 4) is 11.1 Å². The first-order valence-electron chi connectivity index (χ1n) is 8.74. The van der Waals surface area contributed by atoms with Gasteiger partial charge in [0.05, 0.1) is 17.3 Å². The minimum Gasteiger partial charge on any atom is -0.396 e. The predicted octanol–water partition coefficient (Wildman–Crippen LogP) is 2.63. The van der Waals surface area contributed by atoms with Crippen LogP contribution in [0.2, 0.25) is 0 Å². The van der Waals surface area contributed by atoms with Crippen LogP contribution in [-0.2, 0) is 11.3 Å². The SMILES string of the molecule is O=C(Cn1ncc2ncc(-c3ccc(F)c(C(F)F)c3)cc21)N1CC(CO)C1. The van der Waals surface area contributed by atoms with E-state index in [-0.39, 0.29) is 25.0 Å². The Bertz CT molecular complexity index is 1030. The molecule has 1 fully saturated rings. The third kappa shape index (κ3) is 3.33. The van der Waals surface area contributed by atoms with E-state index in [0.29, 0.717) is 35.2 Å². The summed E-state index contributed by atoms with van der Waals surface area (Å²) in [5.41, 5.74) is 1.39. The number of aliphatic hydroxyl groups is 1. The standard InChI is InChI=1S/C19H17F3N4O2/c20-15-2-1-12(3-14(15)19(21)22)13-4-17-16(23-5-13)6-24-26(17)9-18(28)25-7-11(8-25)10-27/h1-6,11,19,27H,7-10H2. The predicted molar refractivity (Wildman–Crippen MR) is 95.0 cm³/mol. The zero-order chi connectivity index (χ0) is 19.8. The molecule has 3 aromatic rings. The Morgan fingerprint density at radius 1 is 1.21 bits per heavy atom. The van der Waals surface area contributed by atoms with Crippen LogP contribution in [0.3, 0.4) is 0 Å². The highest BCUT2D eigenvalue weighted by Gasteiger charge is 2.30. The number of carbonyl (C=O) groups excluding carboxylic acids is 1. The van der Waals surface area contributed by atoms with Crippen LogP contribution in [0.25, 0.3) is 22.2 Å². The molecule has 6 nitrogen and oxygen atoms in total. The maximum atomic E-state index is 13.5. The fourth-order valence-corrected chi connectivity index (χ4v) is 3.25. The largest absolute Gasteiger partial charge is 0.396 e. The topological polar surface area (TPSA) is 71.2 Å². The highest BCUT2D eigenvalue weighted by molar-refractivity contribution is 5.83. The molecule has 2 aromatic heterocycles. The molecular formula is C19H17F3N4O2. The number of rotatable bonds is 5. The Labute approximate surface area is 158 Å². The van der Waals surface area contributed by atoms with Gasteiger partial charge in [0.15, 0.2) is 0 Å². The number of hydrogen-bond acceptors (Lipinski definition) is 4. The van der Waals surface area contributed by atoms with Crippen molar-refractivity contribution >= 4 is 16.9 Å². The van der Waals surface area contributed by atoms with E-state index in [1.807, 2.05) is 0 Å². The van der Waals surface area contributed by atoms with Crippen LogP contribution >= 0.6 is 0 Å². The molecule has 1 saturated heterocycles. The molecule has 9 heteroatoms. The number of likely N-dealkylation sites (tertiary alicyclic amines) is 1. The monoisotopic (exact) mass is 390 g/mol. The minimum atomic E-state index is -2.92. The van der Waals surface area contributed by atoms with Gasteiger partial charge in [-0.2, -0.15) is 5.10 Å². The van der Waals surface area contributed by atoms with Gasteiger partial charge in [0.25, 0.3) is 6.43 Å². The van der Waals surface area contributed by atoms with Crippen molar-refractivity contribution < 1.29 is 23.1 Å². The molecule has 0 unspecified atom stereocenters. The molecule has 146 valence electrons. The van der Waals surface area contributed by atoms with Gasteiger partial charge in [-0.25, -0.2) is 13.2 Å². The van der Waals surface area contributed by atoms with E-state index < -0.39 is 17.8 Å². The molecule has 0 radical (unpaired) electrons. The Morgan fingerprint density at radius 2 is 2.00 bits per heavy atom. The van der Waals surface area contributed by atoms with Crippen LogP contribution < -0.4 is 0 Å². The van der Waals surface area contributed by atoms with Crippen LogP contribution in [0, 0.1) is 11.7 Å². The van der Waals surface area contributed by atoms with Gasteiger partial charge < -0.3 is 10.0 Å². The van der Waals surface area contributed by atoms with Crippen molar-refractivity contribution in [2.75, 3.05) is 19.7 Å². The maximum Gasteiger partial charge on any atom is 0.266 e. The fourth-order valence-electron chi connectivity index (χ4n) is 3.25. The van der Waals surface area contributed by atoms with Crippen molar-refractivity contribution in [2.24, 2.45) is 5.92 Å². The first-order chi connectivity index (χ1) is 13.5. The number of fused-ring (bicyclic) bond motifs is 1. The first-order valence-corrected chi connectivity index (χ1v) is 8.74. The van der Waals surface area contributed by atoms with E-state index in [4.69, 9.17) is 5.11 Å². The molecule has 0 aliphatic carbocycles. The summed E-state index contributed by atoms with van der Waals surface area (Å²) in [6.45, 7) is 1.10. The lowest BCUT2D eigenvalue weighted by molar-refractivity contribution is -0.139. The summed E-state index contributed by atoms with van der Waals surface area (Å²) in [5, 5.41) is 13.2. The molecular weight excluding hydrogens is 373 g/mol. The summed E-state index contributed by atoms with van der Waals surface area (Å²) in [6.07, 6.45) is 0.105. The number of nitrogens with zero attached hydrogens (tertiary/aromatic N) is 4. The lowest BCUT2D eigenvalue weighted by Gasteiger charge is -2.38. The quantitative estimate of drug-likeness (QED) is 0.727. The number of aromatic nitrogens is 3. The Balaban J connectivity index is 1.62. The molecule has 3 heterocycles. The van der Waals surface area contributed by atoms with E-state index in [1.165, 1.54) is 23.1 Å². The zero-order valence-electron chi connectivity index (χ0n) is 14.7. The molecule has 1 N–H and O–H groups in total. The van der Waals surface area contributed by atoms with Gasteiger partial charge in [-0.05, 0) is 23.8 Å². The van der Waals surface area contributed by atoms with Gasteiger partial charge in [0.2, 0.25) is 5.91 Å². The summed E-state index contributed by atoms with van der Waals surface area (Å²) in [6, 6.07) is 5.20.